The molecule has 0 unspecified atom stereocenters. The molecular weight excluding hydrogens is 275 g/mol. The third-order valence-electron chi connectivity index (χ3n) is 1.81. The maximum Gasteiger partial charge on any atom is 0.414 e. The number of hydrogen-bond acceptors (Lipinski definition) is 3. The summed E-state index contributed by atoms with van der Waals surface area (Å²) in [5.41, 5.74) is 1.64. The van der Waals surface area contributed by atoms with Crippen molar-refractivity contribution in [1.82, 2.24) is 5.48 Å². The van der Waals surface area contributed by atoms with Crippen LogP contribution >= 0.6 is 11.6 Å². The topological polar surface area (TPSA) is 47.6 Å². The van der Waals surface area contributed by atoms with E-state index in [0.717, 1.165) is 0 Å². The molecule has 0 aromatic heterocycles. The molecule has 1 amide bonds. The number of methoxy groups -OCH3 is 1. The average Bonchev–Trinajstić information content (AvgIpc) is 2.27. The van der Waals surface area contributed by atoms with Crippen LogP contribution in [0.3, 0.4) is 0 Å². The van der Waals surface area contributed by atoms with E-state index in [0.29, 0.717) is 0 Å². The second-order valence-corrected chi connectivity index (χ2v) is 3.62. The minimum atomic E-state index is -4.52. The van der Waals surface area contributed by atoms with Crippen LogP contribution in [0.15, 0.2) is 18.2 Å². The fourth-order valence-corrected chi connectivity index (χ4v) is 1.27. The van der Waals surface area contributed by atoms with Crippen LogP contribution < -0.4 is 10.2 Å². The summed E-state index contributed by atoms with van der Waals surface area (Å²) in [6.07, 6.45) is -4.52. The summed E-state index contributed by atoms with van der Waals surface area (Å²) in [6, 6.07) is 4.15. The Labute approximate surface area is 106 Å². The molecule has 0 aliphatic carbocycles. The highest BCUT2D eigenvalue weighted by molar-refractivity contribution is 6.31. The van der Waals surface area contributed by atoms with Crippen molar-refractivity contribution in [2.75, 3.05) is 13.7 Å². The Morgan fingerprint density at radius 2 is 2.11 bits per heavy atom. The molecule has 1 N–H and O–H groups in total. The lowest BCUT2D eigenvalue weighted by atomic mass is 10.2. The lowest BCUT2D eigenvalue weighted by Gasteiger charge is -2.10. The second-order valence-electron chi connectivity index (χ2n) is 3.18. The number of halogens is 4. The fourth-order valence-electron chi connectivity index (χ4n) is 1.10. The third-order valence-corrected chi connectivity index (χ3v) is 2.04. The molecule has 0 spiro atoms. The van der Waals surface area contributed by atoms with Gasteiger partial charge in [-0.1, -0.05) is 11.6 Å². The van der Waals surface area contributed by atoms with Crippen LogP contribution in [0.2, 0.25) is 5.02 Å². The molecule has 1 aromatic rings. The van der Waals surface area contributed by atoms with Crippen molar-refractivity contribution in [2.24, 2.45) is 0 Å². The number of hydroxylamine groups is 1. The molecule has 0 saturated heterocycles. The molecule has 0 aliphatic rings. The number of ether oxygens (including phenoxy) is 1. The lowest BCUT2D eigenvalue weighted by molar-refractivity contribution is -0.184. The number of carbonyl (C=O) groups excluding carboxylic acids is 1. The Morgan fingerprint density at radius 3 is 2.67 bits per heavy atom. The van der Waals surface area contributed by atoms with Crippen LogP contribution in [0.1, 0.15) is 10.4 Å². The van der Waals surface area contributed by atoms with Gasteiger partial charge < -0.3 is 4.74 Å². The van der Waals surface area contributed by atoms with Gasteiger partial charge in [-0.2, -0.15) is 13.2 Å². The van der Waals surface area contributed by atoms with Crippen LogP contribution in [0, 0.1) is 0 Å². The van der Waals surface area contributed by atoms with Gasteiger partial charge in [-0.3, -0.25) is 9.63 Å². The normalized spacial score (nSPS) is 11.2. The molecule has 18 heavy (non-hydrogen) atoms. The van der Waals surface area contributed by atoms with Gasteiger partial charge in [0, 0.05) is 5.02 Å². The quantitative estimate of drug-likeness (QED) is 0.864. The zero-order chi connectivity index (χ0) is 13.8. The summed E-state index contributed by atoms with van der Waals surface area (Å²) in [5, 5.41) is 0.247. The third kappa shape index (κ3) is 4.42. The number of benzene rings is 1. The number of rotatable bonds is 4. The number of carbonyl (C=O) groups is 1. The smallest absolute Gasteiger partial charge is 0.414 e. The zero-order valence-corrected chi connectivity index (χ0v) is 9.93. The van der Waals surface area contributed by atoms with Crippen molar-refractivity contribution in [2.45, 2.75) is 6.18 Å². The van der Waals surface area contributed by atoms with Gasteiger partial charge in [0.25, 0.3) is 5.91 Å². The molecule has 0 fully saturated rings. The summed E-state index contributed by atoms with van der Waals surface area (Å²) in [4.78, 5) is 15.6. The van der Waals surface area contributed by atoms with Gasteiger partial charge in [-0.25, -0.2) is 5.48 Å². The van der Waals surface area contributed by atoms with Gasteiger partial charge in [0.1, 0.15) is 5.75 Å². The number of nitrogens with one attached hydrogen (secondary N) is 1. The summed E-state index contributed by atoms with van der Waals surface area (Å²) in [7, 11) is 1.32. The molecule has 0 heterocycles. The van der Waals surface area contributed by atoms with Gasteiger partial charge in [-0.05, 0) is 18.2 Å². The molecule has 1 rings (SSSR count). The first-order chi connectivity index (χ1) is 8.33. The molecule has 8 heteroatoms. The van der Waals surface area contributed by atoms with Gasteiger partial charge in [0.15, 0.2) is 6.61 Å². The molecule has 0 bridgehead atoms. The SMILES string of the molecule is COc1ccc(Cl)cc1C(=O)NOCC(F)(F)F. The zero-order valence-electron chi connectivity index (χ0n) is 9.18. The standard InChI is InChI=1S/C10H9ClF3NO3/c1-17-8-3-2-6(11)4-7(8)9(16)15-18-5-10(12,13)14/h2-4H,5H2,1H3,(H,15,16). The minimum absolute atomic E-state index is 0.0211. The van der Waals surface area contributed by atoms with Crippen molar-refractivity contribution in [3.05, 3.63) is 28.8 Å². The highest BCUT2D eigenvalue weighted by Crippen LogP contribution is 2.22. The molecular formula is C10H9ClF3NO3. The van der Waals surface area contributed by atoms with Crippen LogP contribution in [0.25, 0.3) is 0 Å². The van der Waals surface area contributed by atoms with Crippen molar-refractivity contribution in [3.8, 4) is 5.75 Å². The van der Waals surface area contributed by atoms with Gasteiger partial charge in [0.2, 0.25) is 0 Å². The first-order valence-corrected chi connectivity index (χ1v) is 5.03. The van der Waals surface area contributed by atoms with E-state index < -0.39 is 18.7 Å². The molecule has 0 saturated carbocycles. The van der Waals surface area contributed by atoms with E-state index in [-0.39, 0.29) is 16.3 Å². The fraction of sp³-hybridized carbons (Fsp3) is 0.300. The number of amides is 1. The van der Waals surface area contributed by atoms with Crippen LogP contribution in [-0.2, 0) is 4.84 Å². The van der Waals surface area contributed by atoms with Crippen molar-refractivity contribution in [3.63, 3.8) is 0 Å². The summed E-state index contributed by atoms with van der Waals surface area (Å²) < 4.78 is 40.3. The maximum absolute atomic E-state index is 11.8. The van der Waals surface area contributed by atoms with Gasteiger partial charge in [0.05, 0.1) is 12.7 Å². The minimum Gasteiger partial charge on any atom is -0.496 e. The Balaban J connectivity index is 2.69. The highest BCUT2D eigenvalue weighted by Gasteiger charge is 2.28. The average molecular weight is 284 g/mol. The molecule has 4 nitrogen and oxygen atoms in total. The monoisotopic (exact) mass is 283 g/mol. The van der Waals surface area contributed by atoms with E-state index in [2.05, 4.69) is 4.84 Å². The van der Waals surface area contributed by atoms with E-state index in [4.69, 9.17) is 16.3 Å². The van der Waals surface area contributed by atoms with Crippen LogP contribution in [0.4, 0.5) is 13.2 Å². The van der Waals surface area contributed by atoms with Crippen LogP contribution in [-0.4, -0.2) is 25.8 Å². The lowest BCUT2D eigenvalue weighted by Crippen LogP contribution is -2.29. The van der Waals surface area contributed by atoms with Gasteiger partial charge >= 0.3 is 6.18 Å². The Bertz CT molecular complexity index is 437. The number of hydrogen-bond donors (Lipinski definition) is 1. The van der Waals surface area contributed by atoms with E-state index >= 15 is 0 Å². The highest BCUT2D eigenvalue weighted by atomic mass is 35.5. The molecule has 0 aliphatic heterocycles. The Hall–Kier alpha value is -1.47. The maximum atomic E-state index is 11.8. The molecule has 0 atom stereocenters. The van der Waals surface area contributed by atoms with E-state index in [1.54, 1.807) is 5.48 Å². The number of alkyl halides is 3. The van der Waals surface area contributed by atoms with E-state index in [9.17, 15) is 18.0 Å². The summed E-state index contributed by atoms with van der Waals surface area (Å²) in [6.45, 7) is -1.58. The predicted molar refractivity (Wildman–Crippen MR) is 57.5 cm³/mol. The largest absolute Gasteiger partial charge is 0.496 e. The summed E-state index contributed by atoms with van der Waals surface area (Å²) in [5.74, 6) is -0.703. The second kappa shape index (κ2) is 5.92. The molecule has 0 radical (unpaired) electrons. The molecule has 1 aromatic carbocycles. The van der Waals surface area contributed by atoms with Crippen molar-refractivity contribution < 1.29 is 27.5 Å². The Morgan fingerprint density at radius 1 is 1.44 bits per heavy atom. The molecule has 100 valence electrons. The van der Waals surface area contributed by atoms with Crippen molar-refractivity contribution in [1.29, 1.82) is 0 Å². The van der Waals surface area contributed by atoms with Gasteiger partial charge in [-0.15, -0.1) is 0 Å². The van der Waals surface area contributed by atoms with E-state index in [1.807, 2.05) is 0 Å². The van der Waals surface area contributed by atoms with Crippen molar-refractivity contribution >= 4 is 17.5 Å². The Kier molecular flexibility index (Phi) is 4.80. The first kappa shape index (κ1) is 14.6. The predicted octanol–water partition coefficient (Wildman–Crippen LogP) is 2.57. The van der Waals surface area contributed by atoms with E-state index in [1.165, 1.54) is 25.3 Å². The first-order valence-electron chi connectivity index (χ1n) is 4.66. The van der Waals surface area contributed by atoms with Crippen LogP contribution in [0.5, 0.6) is 5.75 Å². The summed E-state index contributed by atoms with van der Waals surface area (Å²) >= 11 is 5.67.